The van der Waals surface area contributed by atoms with Crippen LogP contribution >= 0.6 is 11.6 Å². The van der Waals surface area contributed by atoms with Crippen molar-refractivity contribution in [2.45, 2.75) is 38.1 Å². The first-order valence-corrected chi connectivity index (χ1v) is 12.6. The zero-order valence-electron chi connectivity index (χ0n) is 19.1. The molecule has 0 saturated heterocycles. The molecule has 178 valence electrons. The van der Waals surface area contributed by atoms with E-state index in [2.05, 4.69) is 15.4 Å². The van der Waals surface area contributed by atoms with Crippen molar-refractivity contribution in [3.63, 3.8) is 0 Å². The average Bonchev–Trinajstić information content (AvgIpc) is 2.80. The molecule has 2 amide bonds. The number of anilines is 2. The molecule has 0 aliphatic rings. The summed E-state index contributed by atoms with van der Waals surface area (Å²) in [5, 5.41) is 5.67. The Kier molecular flexibility index (Phi) is 7.96. The number of halogens is 1. The minimum atomic E-state index is -3.84. The molecular formula is C25H26ClN3O4S. The van der Waals surface area contributed by atoms with Crippen LogP contribution in [0.3, 0.4) is 0 Å². The largest absolute Gasteiger partial charge is 0.350 e. The number of benzene rings is 3. The van der Waals surface area contributed by atoms with Gasteiger partial charge in [-0.1, -0.05) is 48.4 Å². The Morgan fingerprint density at radius 1 is 0.941 bits per heavy atom. The zero-order valence-corrected chi connectivity index (χ0v) is 20.6. The van der Waals surface area contributed by atoms with E-state index in [-0.39, 0.29) is 33.1 Å². The van der Waals surface area contributed by atoms with Crippen LogP contribution in [0.5, 0.6) is 0 Å². The van der Waals surface area contributed by atoms with Gasteiger partial charge in [-0.2, -0.15) is 0 Å². The van der Waals surface area contributed by atoms with Gasteiger partial charge in [0.05, 0.1) is 26.9 Å². The van der Waals surface area contributed by atoms with Gasteiger partial charge in [0.15, 0.2) is 0 Å². The van der Waals surface area contributed by atoms with E-state index in [4.69, 9.17) is 11.6 Å². The minimum Gasteiger partial charge on any atom is -0.350 e. The summed E-state index contributed by atoms with van der Waals surface area (Å²) in [5.41, 5.74) is 1.98. The molecule has 1 unspecified atom stereocenters. The molecule has 0 heterocycles. The number of hydrogen-bond donors (Lipinski definition) is 3. The van der Waals surface area contributed by atoms with Crippen molar-refractivity contribution in [3.05, 3.63) is 88.4 Å². The summed E-state index contributed by atoms with van der Waals surface area (Å²) >= 11 is 6.28. The van der Waals surface area contributed by atoms with Crippen LogP contribution in [0.1, 0.15) is 46.5 Å². The third-order valence-corrected chi connectivity index (χ3v) is 6.91. The summed E-state index contributed by atoms with van der Waals surface area (Å²) < 4.78 is 27.7. The summed E-state index contributed by atoms with van der Waals surface area (Å²) in [7, 11) is -3.84. The third-order valence-electron chi connectivity index (χ3n) is 5.22. The molecule has 0 saturated carbocycles. The third kappa shape index (κ3) is 6.15. The predicted octanol–water partition coefficient (Wildman–Crippen LogP) is 5.23. The van der Waals surface area contributed by atoms with Crippen LogP contribution in [0.2, 0.25) is 5.02 Å². The highest BCUT2D eigenvalue weighted by molar-refractivity contribution is 7.92. The van der Waals surface area contributed by atoms with E-state index in [0.29, 0.717) is 11.3 Å². The Balaban J connectivity index is 1.77. The number of aryl methyl sites for hydroxylation is 1. The predicted molar refractivity (Wildman–Crippen MR) is 135 cm³/mol. The van der Waals surface area contributed by atoms with Gasteiger partial charge >= 0.3 is 0 Å². The molecule has 9 heteroatoms. The van der Waals surface area contributed by atoms with E-state index in [1.54, 1.807) is 36.4 Å². The number of amides is 2. The first-order chi connectivity index (χ1) is 16.1. The van der Waals surface area contributed by atoms with E-state index >= 15 is 0 Å². The van der Waals surface area contributed by atoms with Gasteiger partial charge in [-0.15, -0.1) is 0 Å². The standard InChI is InChI=1S/C25H26ClN3O4S/c1-4-17(3)27-25(31)20-7-5-6-8-22(20)28-24(30)18-11-14-23(21(26)15-18)29-34(32,33)19-12-9-16(2)10-13-19/h5-15,17,29H,4H2,1-3H3,(H,27,31)(H,28,30). The van der Waals surface area contributed by atoms with E-state index in [9.17, 15) is 18.0 Å². The van der Waals surface area contributed by atoms with Crippen molar-refractivity contribution in [2.75, 3.05) is 10.0 Å². The summed E-state index contributed by atoms with van der Waals surface area (Å²) in [6.45, 7) is 5.73. The number of nitrogens with one attached hydrogen (secondary N) is 3. The van der Waals surface area contributed by atoms with Gasteiger partial charge < -0.3 is 10.6 Å². The zero-order chi connectivity index (χ0) is 24.9. The van der Waals surface area contributed by atoms with Crippen LogP contribution in [0, 0.1) is 6.92 Å². The van der Waals surface area contributed by atoms with Crippen LogP contribution in [0.4, 0.5) is 11.4 Å². The topological polar surface area (TPSA) is 104 Å². The number of para-hydroxylation sites is 1. The maximum Gasteiger partial charge on any atom is 0.261 e. The first kappa shape index (κ1) is 25.3. The Morgan fingerprint density at radius 3 is 2.26 bits per heavy atom. The molecule has 3 N–H and O–H groups in total. The Bertz CT molecular complexity index is 1310. The minimum absolute atomic E-state index is 0.00806. The highest BCUT2D eigenvalue weighted by Crippen LogP contribution is 2.27. The molecule has 1 atom stereocenters. The van der Waals surface area contributed by atoms with Gasteiger partial charge in [0.1, 0.15) is 0 Å². The first-order valence-electron chi connectivity index (χ1n) is 10.7. The Morgan fingerprint density at radius 2 is 1.62 bits per heavy atom. The number of hydrogen-bond acceptors (Lipinski definition) is 4. The lowest BCUT2D eigenvalue weighted by Gasteiger charge is -2.15. The van der Waals surface area contributed by atoms with E-state index in [1.165, 1.54) is 30.3 Å². The lowest BCUT2D eigenvalue weighted by atomic mass is 10.1. The monoisotopic (exact) mass is 499 g/mol. The molecule has 34 heavy (non-hydrogen) atoms. The number of carbonyl (C=O) groups is 2. The normalized spacial score (nSPS) is 12.0. The fourth-order valence-electron chi connectivity index (χ4n) is 3.05. The molecule has 0 fully saturated rings. The fourth-order valence-corrected chi connectivity index (χ4v) is 4.41. The average molecular weight is 500 g/mol. The lowest BCUT2D eigenvalue weighted by Crippen LogP contribution is -2.32. The van der Waals surface area contributed by atoms with Gasteiger partial charge in [-0.3, -0.25) is 14.3 Å². The van der Waals surface area contributed by atoms with Crippen LogP contribution in [-0.4, -0.2) is 26.3 Å². The highest BCUT2D eigenvalue weighted by Gasteiger charge is 2.18. The van der Waals surface area contributed by atoms with Gasteiger partial charge in [0.2, 0.25) is 0 Å². The second kappa shape index (κ2) is 10.7. The molecule has 3 rings (SSSR count). The van der Waals surface area contributed by atoms with Gasteiger partial charge in [0.25, 0.3) is 21.8 Å². The van der Waals surface area contributed by atoms with Crippen molar-refractivity contribution in [3.8, 4) is 0 Å². The molecule has 0 radical (unpaired) electrons. The number of carbonyl (C=O) groups excluding carboxylic acids is 2. The fraction of sp³-hybridized carbons (Fsp3) is 0.200. The van der Waals surface area contributed by atoms with E-state index in [0.717, 1.165) is 12.0 Å². The molecular weight excluding hydrogens is 474 g/mol. The van der Waals surface area contributed by atoms with Crippen molar-refractivity contribution in [2.24, 2.45) is 0 Å². The second-order valence-corrected chi connectivity index (χ2v) is 9.99. The van der Waals surface area contributed by atoms with Crippen LogP contribution in [-0.2, 0) is 10.0 Å². The van der Waals surface area contributed by atoms with E-state index in [1.807, 2.05) is 20.8 Å². The SMILES string of the molecule is CCC(C)NC(=O)c1ccccc1NC(=O)c1ccc(NS(=O)(=O)c2ccc(C)cc2)c(Cl)c1. The summed E-state index contributed by atoms with van der Waals surface area (Å²) in [6.07, 6.45) is 0.777. The van der Waals surface area contributed by atoms with Crippen molar-refractivity contribution in [1.82, 2.24) is 5.32 Å². The molecule has 0 aromatic heterocycles. The highest BCUT2D eigenvalue weighted by atomic mass is 35.5. The number of sulfonamides is 1. The quantitative estimate of drug-likeness (QED) is 0.394. The van der Waals surface area contributed by atoms with Crippen LogP contribution in [0.15, 0.2) is 71.6 Å². The molecule has 7 nitrogen and oxygen atoms in total. The summed E-state index contributed by atoms with van der Waals surface area (Å²) in [4.78, 5) is 25.5. The molecule has 3 aromatic rings. The molecule has 0 aliphatic heterocycles. The summed E-state index contributed by atoms with van der Waals surface area (Å²) in [6, 6.07) is 17.3. The number of rotatable bonds is 8. The molecule has 0 aliphatic carbocycles. The van der Waals surface area contributed by atoms with Crippen LogP contribution in [0.25, 0.3) is 0 Å². The van der Waals surface area contributed by atoms with Crippen molar-refractivity contribution >= 4 is 44.8 Å². The maximum atomic E-state index is 12.8. The van der Waals surface area contributed by atoms with Gasteiger partial charge in [-0.05, 0) is 62.7 Å². The lowest BCUT2D eigenvalue weighted by molar-refractivity contribution is 0.0940. The van der Waals surface area contributed by atoms with Gasteiger partial charge in [0, 0.05) is 11.6 Å². The molecule has 3 aromatic carbocycles. The second-order valence-electron chi connectivity index (χ2n) is 7.90. The van der Waals surface area contributed by atoms with Crippen molar-refractivity contribution < 1.29 is 18.0 Å². The van der Waals surface area contributed by atoms with Crippen LogP contribution < -0.4 is 15.4 Å². The van der Waals surface area contributed by atoms with E-state index < -0.39 is 15.9 Å². The Hall–Kier alpha value is -3.36. The Labute approximate surface area is 204 Å². The smallest absolute Gasteiger partial charge is 0.261 e. The maximum absolute atomic E-state index is 12.8. The van der Waals surface area contributed by atoms with Crippen molar-refractivity contribution in [1.29, 1.82) is 0 Å². The molecule has 0 spiro atoms. The molecule has 0 bridgehead atoms. The summed E-state index contributed by atoms with van der Waals surface area (Å²) in [5.74, 6) is -0.775. The van der Waals surface area contributed by atoms with Gasteiger partial charge in [-0.25, -0.2) is 8.42 Å².